The van der Waals surface area contributed by atoms with Gasteiger partial charge in [0.15, 0.2) is 0 Å². The second-order valence-electron chi connectivity index (χ2n) is 8.37. The number of hydrogen-bond donors (Lipinski definition) is 1. The third-order valence-corrected chi connectivity index (χ3v) is 6.02. The minimum Gasteiger partial charge on any atom is -0.273 e. The maximum atomic E-state index is 13.7. The fraction of sp³-hybridized carbons (Fsp3) is 0.115. The number of hydrogen-bond acceptors (Lipinski definition) is 5. The van der Waals surface area contributed by atoms with Gasteiger partial charge < -0.3 is 0 Å². The van der Waals surface area contributed by atoms with E-state index in [0.29, 0.717) is 38.6 Å². The summed E-state index contributed by atoms with van der Waals surface area (Å²) in [6, 6.07) is 12.7. The van der Waals surface area contributed by atoms with Crippen LogP contribution in [0.3, 0.4) is 0 Å². The average Bonchev–Trinajstić information content (AvgIpc) is 3.09. The number of carbonyl (C=O) groups excluding carboxylic acids is 3. The Hall–Kier alpha value is -4.86. The zero-order valence-corrected chi connectivity index (χ0v) is 19.6. The highest BCUT2D eigenvalue weighted by molar-refractivity contribution is 6.39. The van der Waals surface area contributed by atoms with Crippen molar-refractivity contribution in [1.82, 2.24) is 19.7 Å². The Balaban J connectivity index is 1.63. The van der Waals surface area contributed by atoms with E-state index in [4.69, 9.17) is 0 Å². The summed E-state index contributed by atoms with van der Waals surface area (Å²) < 4.78 is 16.8. The van der Waals surface area contributed by atoms with Crippen molar-refractivity contribution in [3.05, 3.63) is 99.1 Å². The summed E-state index contributed by atoms with van der Waals surface area (Å²) in [4.78, 5) is 56.7. The number of fused-ring (bicyclic) bond motifs is 1. The lowest BCUT2D eigenvalue weighted by Crippen LogP contribution is -2.54. The van der Waals surface area contributed by atoms with Crippen molar-refractivity contribution in [3.8, 4) is 0 Å². The quantitative estimate of drug-likeness (QED) is 0.354. The number of anilines is 1. The van der Waals surface area contributed by atoms with Gasteiger partial charge in [0.25, 0.3) is 17.4 Å². The van der Waals surface area contributed by atoms with Crippen LogP contribution in [0, 0.1) is 26.6 Å². The molecule has 4 aromatic rings. The largest absolute Gasteiger partial charge is 0.335 e. The molecule has 0 atom stereocenters. The fourth-order valence-electron chi connectivity index (χ4n) is 4.36. The number of aryl methyl sites for hydroxylation is 2. The zero-order chi connectivity index (χ0) is 25.7. The second-order valence-corrected chi connectivity index (χ2v) is 8.37. The molecule has 2 aromatic carbocycles. The summed E-state index contributed by atoms with van der Waals surface area (Å²) in [5.74, 6) is -1.94. The monoisotopic (exact) mass is 485 g/mol. The summed E-state index contributed by atoms with van der Waals surface area (Å²) in [6.45, 7) is 5.23. The van der Waals surface area contributed by atoms with Gasteiger partial charge in [-0.1, -0.05) is 18.2 Å². The first-order valence-electron chi connectivity index (χ1n) is 11.0. The van der Waals surface area contributed by atoms with Crippen LogP contribution in [-0.2, 0) is 9.59 Å². The summed E-state index contributed by atoms with van der Waals surface area (Å²) in [5.41, 5.74) is 1.70. The highest BCUT2D eigenvalue weighted by Crippen LogP contribution is 2.25. The van der Waals surface area contributed by atoms with E-state index in [9.17, 15) is 23.6 Å². The van der Waals surface area contributed by atoms with Gasteiger partial charge in [0, 0.05) is 11.4 Å². The molecule has 36 heavy (non-hydrogen) atoms. The molecule has 1 aliphatic heterocycles. The third-order valence-electron chi connectivity index (χ3n) is 6.02. The maximum absolute atomic E-state index is 13.7. The average molecular weight is 485 g/mol. The summed E-state index contributed by atoms with van der Waals surface area (Å²) in [5, 5.41) is 2.57. The minimum absolute atomic E-state index is 0.00853. The molecule has 1 aliphatic rings. The molecule has 0 spiro atoms. The van der Waals surface area contributed by atoms with Crippen molar-refractivity contribution in [2.75, 3.05) is 4.90 Å². The molecule has 4 amide bonds. The number of nitrogens with one attached hydrogen (secondary N) is 1. The van der Waals surface area contributed by atoms with Crippen LogP contribution >= 0.6 is 0 Å². The lowest BCUT2D eigenvalue weighted by atomic mass is 10.1. The van der Waals surface area contributed by atoms with Gasteiger partial charge in [-0.2, -0.15) is 4.68 Å². The highest BCUT2D eigenvalue weighted by Gasteiger charge is 2.37. The van der Waals surface area contributed by atoms with Crippen LogP contribution in [0.15, 0.2) is 65.0 Å². The Kier molecular flexibility index (Phi) is 5.36. The summed E-state index contributed by atoms with van der Waals surface area (Å²) >= 11 is 0. The number of amides is 4. The minimum atomic E-state index is -0.970. The Morgan fingerprint density at radius 2 is 1.67 bits per heavy atom. The zero-order valence-electron chi connectivity index (χ0n) is 19.6. The molecule has 1 fully saturated rings. The van der Waals surface area contributed by atoms with E-state index >= 15 is 0 Å². The smallest absolute Gasteiger partial charge is 0.273 e. The van der Waals surface area contributed by atoms with E-state index in [-0.39, 0.29) is 16.8 Å². The van der Waals surface area contributed by atoms with E-state index < -0.39 is 23.7 Å². The predicted molar refractivity (Wildman–Crippen MR) is 131 cm³/mol. The highest BCUT2D eigenvalue weighted by atomic mass is 19.1. The molecule has 2 aromatic heterocycles. The van der Waals surface area contributed by atoms with Crippen molar-refractivity contribution < 1.29 is 18.8 Å². The van der Waals surface area contributed by atoms with E-state index in [0.717, 1.165) is 6.07 Å². The molecule has 180 valence electrons. The van der Waals surface area contributed by atoms with Gasteiger partial charge >= 0.3 is 6.03 Å². The standard InChI is InChI=1S/C26H20FN5O4/c1-14-11-17(15(2)31(14)32-16(3)28-22-10-5-4-9-20(22)25(32)35)12-21-23(33)29-26(36)30(24(21)34)19-8-6-7-18(27)13-19/h4-13H,1-3H3,(H,29,33,36). The number of aromatic nitrogens is 3. The SMILES string of the molecule is Cc1cc(C=C2C(=O)NC(=O)N(c3cccc(F)c3)C2=O)c(C)n1-n1c(C)nc2ccccc2c1=O. The number of para-hydroxylation sites is 1. The third kappa shape index (κ3) is 3.59. The van der Waals surface area contributed by atoms with Crippen LogP contribution in [0.25, 0.3) is 17.0 Å². The number of carbonyl (C=O) groups is 3. The van der Waals surface area contributed by atoms with E-state index in [2.05, 4.69) is 10.3 Å². The topological polar surface area (TPSA) is 106 Å². The lowest BCUT2D eigenvalue weighted by Gasteiger charge is -2.26. The first-order valence-corrected chi connectivity index (χ1v) is 11.0. The Bertz CT molecular complexity index is 1700. The van der Waals surface area contributed by atoms with Crippen molar-refractivity contribution in [2.45, 2.75) is 20.8 Å². The normalized spacial score (nSPS) is 15.2. The van der Waals surface area contributed by atoms with E-state index in [1.807, 2.05) is 0 Å². The Morgan fingerprint density at radius 1 is 0.917 bits per heavy atom. The van der Waals surface area contributed by atoms with Gasteiger partial charge in [0.1, 0.15) is 17.2 Å². The van der Waals surface area contributed by atoms with Crippen molar-refractivity contribution in [2.24, 2.45) is 0 Å². The number of urea groups is 1. The molecular formula is C26H20FN5O4. The summed E-state index contributed by atoms with van der Waals surface area (Å²) in [7, 11) is 0. The molecule has 5 rings (SSSR count). The van der Waals surface area contributed by atoms with Crippen molar-refractivity contribution in [3.63, 3.8) is 0 Å². The molecule has 0 aliphatic carbocycles. The van der Waals surface area contributed by atoms with Crippen LogP contribution in [0.5, 0.6) is 0 Å². The van der Waals surface area contributed by atoms with Gasteiger partial charge in [-0.3, -0.25) is 24.4 Å². The van der Waals surface area contributed by atoms with Crippen LogP contribution in [0.4, 0.5) is 14.9 Å². The number of benzene rings is 2. The second kappa shape index (κ2) is 8.42. The van der Waals surface area contributed by atoms with Crippen LogP contribution in [-0.4, -0.2) is 32.2 Å². The van der Waals surface area contributed by atoms with Gasteiger partial charge in [-0.25, -0.2) is 19.1 Å². The number of rotatable bonds is 3. The Morgan fingerprint density at radius 3 is 2.42 bits per heavy atom. The van der Waals surface area contributed by atoms with E-state index in [1.165, 1.54) is 29.0 Å². The fourth-order valence-corrected chi connectivity index (χ4v) is 4.36. The first kappa shape index (κ1) is 22.9. The molecule has 3 heterocycles. The molecular weight excluding hydrogens is 465 g/mol. The number of barbiturate groups is 1. The molecule has 1 saturated heterocycles. The predicted octanol–water partition coefficient (Wildman–Crippen LogP) is 3.24. The van der Waals surface area contributed by atoms with Crippen molar-refractivity contribution >= 4 is 40.5 Å². The lowest BCUT2D eigenvalue weighted by molar-refractivity contribution is -0.122. The summed E-state index contributed by atoms with van der Waals surface area (Å²) in [6.07, 6.45) is 1.35. The van der Waals surface area contributed by atoms with Gasteiger partial charge in [-0.15, -0.1) is 0 Å². The Labute approximate surface area is 204 Å². The molecule has 0 radical (unpaired) electrons. The molecule has 9 nitrogen and oxygen atoms in total. The van der Waals surface area contributed by atoms with E-state index in [1.54, 1.807) is 55.8 Å². The van der Waals surface area contributed by atoms with Crippen LogP contribution in [0.1, 0.15) is 22.8 Å². The van der Waals surface area contributed by atoms with Crippen LogP contribution in [0.2, 0.25) is 0 Å². The van der Waals surface area contributed by atoms with Gasteiger partial charge in [0.2, 0.25) is 0 Å². The number of nitrogens with zero attached hydrogens (tertiary/aromatic N) is 4. The molecule has 10 heteroatoms. The molecule has 0 unspecified atom stereocenters. The molecule has 1 N–H and O–H groups in total. The maximum Gasteiger partial charge on any atom is 0.335 e. The number of halogens is 1. The first-order chi connectivity index (χ1) is 17.2. The van der Waals surface area contributed by atoms with Gasteiger partial charge in [-0.05, 0) is 68.8 Å². The molecule has 0 bridgehead atoms. The number of imide groups is 2. The van der Waals surface area contributed by atoms with Gasteiger partial charge in [0.05, 0.1) is 16.6 Å². The van der Waals surface area contributed by atoms with Crippen LogP contribution < -0.4 is 15.8 Å². The van der Waals surface area contributed by atoms with Crippen molar-refractivity contribution in [1.29, 1.82) is 0 Å². The molecule has 0 saturated carbocycles.